The van der Waals surface area contributed by atoms with E-state index in [4.69, 9.17) is 4.74 Å². The smallest absolute Gasteiger partial charge is 0.339 e. The Morgan fingerprint density at radius 3 is 2.64 bits per heavy atom. The van der Waals surface area contributed by atoms with Crippen molar-refractivity contribution in [1.82, 2.24) is 19.8 Å². The number of esters is 1. The molecule has 168 valence electrons. The Morgan fingerprint density at radius 1 is 1.15 bits per heavy atom. The van der Waals surface area contributed by atoms with E-state index in [0.29, 0.717) is 22.1 Å². The van der Waals surface area contributed by atoms with Crippen LogP contribution in [0.15, 0.2) is 64.5 Å². The summed E-state index contributed by atoms with van der Waals surface area (Å²) in [5.74, 6) is -0.900. The number of aromatic amines is 1. The number of rotatable bonds is 7. The molecule has 33 heavy (non-hydrogen) atoms. The summed E-state index contributed by atoms with van der Waals surface area (Å²) in [5.41, 5.74) is 3.29. The van der Waals surface area contributed by atoms with Gasteiger partial charge in [0, 0.05) is 5.56 Å². The Labute approximate surface area is 193 Å². The Kier molecular flexibility index (Phi) is 6.55. The van der Waals surface area contributed by atoms with Gasteiger partial charge in [-0.2, -0.15) is 5.10 Å². The number of thioether (sulfide) groups is 1. The number of hydrogen-bond acceptors (Lipinski definition) is 7. The number of carbonyl (C=O) groups is 2. The number of para-hydroxylation sites is 1. The van der Waals surface area contributed by atoms with E-state index in [1.54, 1.807) is 30.3 Å². The van der Waals surface area contributed by atoms with Gasteiger partial charge in [-0.1, -0.05) is 55.1 Å². The highest BCUT2D eigenvalue weighted by Gasteiger charge is 2.16. The highest BCUT2D eigenvalue weighted by Crippen LogP contribution is 2.23. The maximum atomic E-state index is 12.5. The average Bonchev–Trinajstić information content (AvgIpc) is 3.30. The van der Waals surface area contributed by atoms with Crippen molar-refractivity contribution in [3.05, 3.63) is 76.1 Å². The van der Waals surface area contributed by atoms with E-state index in [1.165, 1.54) is 17.2 Å². The van der Waals surface area contributed by atoms with Crippen LogP contribution in [0.2, 0.25) is 0 Å². The monoisotopic (exact) mass is 463 g/mol. The fourth-order valence-electron chi connectivity index (χ4n) is 3.23. The first-order chi connectivity index (χ1) is 16.0. The number of ether oxygens (including phenoxy) is 1. The number of aromatic nitrogens is 4. The van der Waals surface area contributed by atoms with Gasteiger partial charge in [-0.25, -0.2) is 14.4 Å². The lowest BCUT2D eigenvalue weighted by molar-refractivity contribution is -0.113. The van der Waals surface area contributed by atoms with E-state index in [2.05, 4.69) is 27.5 Å². The summed E-state index contributed by atoms with van der Waals surface area (Å²) < 4.78 is 6.18. The summed E-state index contributed by atoms with van der Waals surface area (Å²) in [7, 11) is 1.28. The number of amides is 1. The van der Waals surface area contributed by atoms with E-state index in [-0.39, 0.29) is 22.8 Å². The predicted octanol–water partition coefficient (Wildman–Crippen LogP) is 3.16. The molecule has 2 heterocycles. The molecule has 0 saturated heterocycles. The fourth-order valence-corrected chi connectivity index (χ4v) is 3.94. The van der Waals surface area contributed by atoms with Gasteiger partial charge in [-0.3, -0.25) is 9.59 Å². The van der Waals surface area contributed by atoms with Crippen molar-refractivity contribution >= 4 is 34.8 Å². The van der Waals surface area contributed by atoms with Crippen molar-refractivity contribution < 1.29 is 14.3 Å². The van der Waals surface area contributed by atoms with Gasteiger partial charge < -0.3 is 10.1 Å². The fraction of sp³-hybridized carbons (Fsp3) is 0.174. The summed E-state index contributed by atoms with van der Waals surface area (Å²) >= 11 is 1.11. The van der Waals surface area contributed by atoms with Crippen molar-refractivity contribution in [2.24, 2.45) is 0 Å². The van der Waals surface area contributed by atoms with Crippen LogP contribution in [0.4, 0.5) is 5.69 Å². The molecule has 0 aliphatic heterocycles. The molecule has 0 atom stereocenters. The lowest BCUT2D eigenvalue weighted by Gasteiger charge is -2.09. The van der Waals surface area contributed by atoms with E-state index >= 15 is 0 Å². The molecule has 2 aromatic heterocycles. The zero-order chi connectivity index (χ0) is 23.4. The third-order valence-corrected chi connectivity index (χ3v) is 5.90. The average molecular weight is 464 g/mol. The number of methoxy groups -OCH3 is 1. The predicted molar refractivity (Wildman–Crippen MR) is 126 cm³/mol. The Hall–Kier alpha value is -3.92. The first kappa shape index (κ1) is 22.3. The van der Waals surface area contributed by atoms with Gasteiger partial charge in [0.1, 0.15) is 5.52 Å². The number of benzene rings is 2. The molecule has 4 aromatic rings. The summed E-state index contributed by atoms with van der Waals surface area (Å²) in [6.45, 7) is 2.08. The van der Waals surface area contributed by atoms with Crippen molar-refractivity contribution in [2.45, 2.75) is 18.5 Å². The SMILES string of the molecule is CCc1ccc(-c2cc3c(=O)[nH]nc(SCC(=O)Nc4ccccc4C(=O)OC)n3n2)cc1. The van der Waals surface area contributed by atoms with Crippen LogP contribution in [0.25, 0.3) is 16.8 Å². The lowest BCUT2D eigenvalue weighted by Crippen LogP contribution is -2.18. The van der Waals surface area contributed by atoms with Crippen LogP contribution >= 0.6 is 11.8 Å². The number of H-pyrrole nitrogens is 1. The molecule has 10 heteroatoms. The summed E-state index contributed by atoms with van der Waals surface area (Å²) in [6, 6.07) is 16.2. The van der Waals surface area contributed by atoms with Crippen molar-refractivity contribution in [2.75, 3.05) is 18.2 Å². The summed E-state index contributed by atoms with van der Waals surface area (Å²) in [4.78, 5) is 36.7. The second kappa shape index (κ2) is 9.70. The molecule has 2 aromatic carbocycles. The molecular weight excluding hydrogens is 442 g/mol. The van der Waals surface area contributed by atoms with Gasteiger partial charge in [-0.15, -0.1) is 5.10 Å². The normalized spacial score (nSPS) is 10.8. The topological polar surface area (TPSA) is 118 Å². The number of carbonyl (C=O) groups excluding carboxylic acids is 2. The molecule has 0 unspecified atom stereocenters. The van der Waals surface area contributed by atoms with Crippen LogP contribution in [0.5, 0.6) is 0 Å². The number of fused-ring (bicyclic) bond motifs is 1. The molecule has 0 radical (unpaired) electrons. The molecule has 4 rings (SSSR count). The zero-order valence-corrected chi connectivity index (χ0v) is 18.8. The molecular formula is C23H21N5O4S. The molecule has 9 nitrogen and oxygen atoms in total. The highest BCUT2D eigenvalue weighted by atomic mass is 32.2. The zero-order valence-electron chi connectivity index (χ0n) is 18.0. The number of nitrogens with one attached hydrogen (secondary N) is 2. The molecule has 0 aliphatic carbocycles. The Morgan fingerprint density at radius 2 is 1.91 bits per heavy atom. The van der Waals surface area contributed by atoms with Crippen LogP contribution in [0.3, 0.4) is 0 Å². The molecule has 0 bridgehead atoms. The Balaban J connectivity index is 1.54. The molecule has 0 saturated carbocycles. The van der Waals surface area contributed by atoms with Crippen LogP contribution in [-0.4, -0.2) is 44.6 Å². The second-order valence-corrected chi connectivity index (χ2v) is 8.03. The van der Waals surface area contributed by atoms with Crippen molar-refractivity contribution in [3.63, 3.8) is 0 Å². The van der Waals surface area contributed by atoms with Gasteiger partial charge in [-0.05, 0) is 30.2 Å². The maximum Gasteiger partial charge on any atom is 0.339 e. The summed E-state index contributed by atoms with van der Waals surface area (Å²) in [6.07, 6.45) is 0.933. The number of anilines is 1. The van der Waals surface area contributed by atoms with Gasteiger partial charge >= 0.3 is 5.97 Å². The van der Waals surface area contributed by atoms with Crippen molar-refractivity contribution in [3.8, 4) is 11.3 Å². The third kappa shape index (κ3) is 4.80. The third-order valence-electron chi connectivity index (χ3n) is 4.97. The minimum atomic E-state index is -0.543. The number of nitrogens with zero attached hydrogens (tertiary/aromatic N) is 3. The van der Waals surface area contributed by atoms with Gasteiger partial charge in [0.15, 0.2) is 0 Å². The highest BCUT2D eigenvalue weighted by molar-refractivity contribution is 7.99. The van der Waals surface area contributed by atoms with Crippen LogP contribution in [0.1, 0.15) is 22.8 Å². The van der Waals surface area contributed by atoms with Gasteiger partial charge in [0.25, 0.3) is 5.56 Å². The van der Waals surface area contributed by atoms with E-state index in [0.717, 1.165) is 23.7 Å². The first-order valence-corrected chi connectivity index (χ1v) is 11.2. The molecule has 0 spiro atoms. The first-order valence-electron chi connectivity index (χ1n) is 10.2. The second-order valence-electron chi connectivity index (χ2n) is 7.09. The van der Waals surface area contributed by atoms with E-state index < -0.39 is 5.97 Å². The minimum Gasteiger partial charge on any atom is -0.465 e. The van der Waals surface area contributed by atoms with Crippen LogP contribution in [-0.2, 0) is 16.0 Å². The molecule has 0 aliphatic rings. The van der Waals surface area contributed by atoms with E-state index in [9.17, 15) is 14.4 Å². The maximum absolute atomic E-state index is 12.5. The lowest BCUT2D eigenvalue weighted by atomic mass is 10.1. The number of hydrogen-bond donors (Lipinski definition) is 2. The van der Waals surface area contributed by atoms with Crippen molar-refractivity contribution in [1.29, 1.82) is 0 Å². The van der Waals surface area contributed by atoms with Gasteiger partial charge in [0.05, 0.1) is 29.8 Å². The Bertz CT molecular complexity index is 1380. The van der Waals surface area contributed by atoms with Crippen LogP contribution in [0, 0.1) is 0 Å². The van der Waals surface area contributed by atoms with Gasteiger partial charge in [0.2, 0.25) is 11.1 Å². The molecule has 1 amide bonds. The summed E-state index contributed by atoms with van der Waals surface area (Å²) in [5, 5.41) is 14.1. The molecule has 0 fully saturated rings. The van der Waals surface area contributed by atoms with Crippen LogP contribution < -0.4 is 10.9 Å². The quantitative estimate of drug-likeness (QED) is 0.319. The number of aryl methyl sites for hydroxylation is 1. The van der Waals surface area contributed by atoms with E-state index in [1.807, 2.05) is 24.3 Å². The minimum absolute atomic E-state index is 0.00988. The molecule has 2 N–H and O–H groups in total. The largest absolute Gasteiger partial charge is 0.465 e. The standard InChI is InChI=1S/C23H21N5O4S/c1-3-14-8-10-15(11-9-14)18-12-19-21(30)25-26-23(28(19)27-18)33-13-20(29)24-17-7-5-4-6-16(17)22(31)32-2/h4-12H,3,13H2,1-2H3,(H,24,29)(H,25,30).